The Labute approximate surface area is 113 Å². The maximum absolute atomic E-state index is 9.90. The highest BCUT2D eigenvalue weighted by Crippen LogP contribution is 2.38. The molecule has 3 rings (SSSR count). The van der Waals surface area contributed by atoms with Crippen LogP contribution in [0.25, 0.3) is 0 Å². The molecule has 18 heavy (non-hydrogen) atoms. The summed E-state index contributed by atoms with van der Waals surface area (Å²) in [6, 6.07) is 0.311. The number of amidine groups is 1. The van der Waals surface area contributed by atoms with Crippen LogP contribution in [0.1, 0.15) is 39.0 Å². The molecule has 5 heteroatoms. The second-order valence-corrected chi connectivity index (χ2v) is 6.45. The molecule has 2 fully saturated rings. The summed E-state index contributed by atoms with van der Waals surface area (Å²) in [5.74, 6) is 0. The Kier molecular flexibility index (Phi) is 3.82. The maximum atomic E-state index is 9.90. The third-order valence-corrected chi connectivity index (χ3v) is 5.32. The molecule has 0 aromatic carbocycles. The van der Waals surface area contributed by atoms with Gasteiger partial charge in [-0.1, -0.05) is 18.7 Å². The quantitative estimate of drug-likeness (QED) is 0.831. The highest BCUT2D eigenvalue weighted by atomic mass is 32.2. The van der Waals surface area contributed by atoms with E-state index in [2.05, 4.69) is 4.90 Å². The lowest BCUT2D eigenvalue weighted by atomic mass is 10.00. The minimum atomic E-state index is -0.317. The maximum Gasteiger partial charge on any atom is 0.162 e. The van der Waals surface area contributed by atoms with Gasteiger partial charge in [-0.25, -0.2) is 0 Å². The van der Waals surface area contributed by atoms with Crippen LogP contribution in [-0.4, -0.2) is 51.9 Å². The molecule has 0 radical (unpaired) electrons. The fourth-order valence-electron chi connectivity index (χ4n) is 2.92. The van der Waals surface area contributed by atoms with Gasteiger partial charge >= 0.3 is 0 Å². The zero-order chi connectivity index (χ0) is 12.5. The minimum absolute atomic E-state index is 0.0110. The monoisotopic (exact) mass is 270 g/mol. The van der Waals surface area contributed by atoms with E-state index in [4.69, 9.17) is 9.73 Å². The predicted octanol–water partition coefficient (Wildman–Crippen LogP) is 1.83. The highest BCUT2D eigenvalue weighted by Gasteiger charge is 2.40. The fourth-order valence-corrected chi connectivity index (χ4v) is 4.21. The van der Waals surface area contributed by atoms with Gasteiger partial charge in [-0.2, -0.15) is 0 Å². The molecule has 0 bridgehead atoms. The van der Waals surface area contributed by atoms with E-state index in [-0.39, 0.29) is 17.6 Å². The Balaban J connectivity index is 1.60. The number of aliphatic hydroxyl groups is 1. The first-order valence-electron chi connectivity index (χ1n) is 7.11. The lowest BCUT2D eigenvalue weighted by Crippen LogP contribution is -2.40. The number of aliphatic hydroxyl groups excluding tert-OH is 1. The van der Waals surface area contributed by atoms with Crippen molar-refractivity contribution in [3.05, 3.63) is 0 Å². The molecule has 0 spiro atoms. The van der Waals surface area contributed by atoms with Gasteiger partial charge in [0.2, 0.25) is 0 Å². The number of thioether (sulfide) groups is 1. The van der Waals surface area contributed by atoms with Crippen molar-refractivity contribution in [2.75, 3.05) is 13.1 Å². The van der Waals surface area contributed by atoms with Crippen LogP contribution in [0.4, 0.5) is 0 Å². The van der Waals surface area contributed by atoms with Gasteiger partial charge in [-0.05, 0) is 32.1 Å². The Bertz CT molecular complexity index is 331. The predicted molar refractivity (Wildman–Crippen MR) is 73.8 cm³/mol. The van der Waals surface area contributed by atoms with Gasteiger partial charge in [-0.3, -0.25) is 4.99 Å². The summed E-state index contributed by atoms with van der Waals surface area (Å²) in [6.45, 7) is 4.30. The molecule has 0 saturated carbocycles. The molecule has 3 aliphatic rings. The van der Waals surface area contributed by atoms with E-state index in [1.54, 1.807) is 11.8 Å². The van der Waals surface area contributed by atoms with Crippen LogP contribution in [0.5, 0.6) is 0 Å². The number of nitrogens with zero attached hydrogens (tertiary/aromatic N) is 2. The zero-order valence-corrected chi connectivity index (χ0v) is 11.7. The molecule has 0 aromatic rings. The van der Waals surface area contributed by atoms with E-state index in [9.17, 15) is 5.11 Å². The summed E-state index contributed by atoms with van der Waals surface area (Å²) < 4.78 is 6.02. The van der Waals surface area contributed by atoms with E-state index >= 15 is 0 Å². The Morgan fingerprint density at radius 2 is 2.22 bits per heavy atom. The first-order valence-corrected chi connectivity index (χ1v) is 7.99. The third kappa shape index (κ3) is 2.40. The van der Waals surface area contributed by atoms with E-state index in [0.29, 0.717) is 6.04 Å². The number of aliphatic imine (C=N–C) groups is 1. The van der Waals surface area contributed by atoms with Crippen molar-refractivity contribution in [1.29, 1.82) is 0 Å². The molecular weight excluding hydrogens is 248 g/mol. The zero-order valence-electron chi connectivity index (χ0n) is 10.9. The van der Waals surface area contributed by atoms with Crippen LogP contribution >= 0.6 is 11.8 Å². The molecule has 0 amide bonds. The summed E-state index contributed by atoms with van der Waals surface area (Å²) in [5, 5.41) is 11.1. The smallest absolute Gasteiger partial charge is 0.162 e. The summed E-state index contributed by atoms with van der Waals surface area (Å²) in [5.41, 5.74) is 0.139. The van der Waals surface area contributed by atoms with Gasteiger partial charge in [0.25, 0.3) is 0 Å². The van der Waals surface area contributed by atoms with Crippen molar-refractivity contribution >= 4 is 16.9 Å². The standard InChI is InChI=1S/C13H22N2O2S/c1-2-10(16)11-6-5-9-12(17-11)18-13(14-9)15-7-3-4-8-15/h9-12,16H,2-8H2,1H3/t9-,10+,11-,12-/m1/s1. The van der Waals surface area contributed by atoms with Crippen molar-refractivity contribution in [2.24, 2.45) is 4.99 Å². The van der Waals surface area contributed by atoms with Crippen molar-refractivity contribution in [3.63, 3.8) is 0 Å². The molecule has 3 aliphatic heterocycles. The van der Waals surface area contributed by atoms with E-state index in [1.807, 2.05) is 6.92 Å². The van der Waals surface area contributed by atoms with Crippen LogP contribution in [0.2, 0.25) is 0 Å². The van der Waals surface area contributed by atoms with Gasteiger partial charge in [0.1, 0.15) is 5.44 Å². The molecule has 0 aliphatic carbocycles. The van der Waals surface area contributed by atoms with Crippen LogP contribution < -0.4 is 0 Å². The lowest BCUT2D eigenvalue weighted by molar-refractivity contribution is -0.0800. The summed E-state index contributed by atoms with van der Waals surface area (Å²) >= 11 is 1.77. The largest absolute Gasteiger partial charge is 0.390 e. The van der Waals surface area contributed by atoms with Gasteiger partial charge in [-0.15, -0.1) is 0 Å². The number of fused-ring (bicyclic) bond motifs is 1. The summed E-state index contributed by atoms with van der Waals surface area (Å²) in [4.78, 5) is 7.20. The molecule has 4 nitrogen and oxygen atoms in total. The SMILES string of the molecule is CC[C@H](O)[C@H]1CC[C@H]2N=C(N3CCCC3)S[C@H]2O1. The van der Waals surface area contributed by atoms with Crippen molar-refractivity contribution in [3.8, 4) is 0 Å². The number of hydrogen-bond acceptors (Lipinski definition) is 5. The van der Waals surface area contributed by atoms with Crippen molar-refractivity contribution < 1.29 is 9.84 Å². The van der Waals surface area contributed by atoms with E-state index < -0.39 is 0 Å². The molecule has 4 atom stereocenters. The van der Waals surface area contributed by atoms with Crippen LogP contribution in [-0.2, 0) is 4.74 Å². The van der Waals surface area contributed by atoms with Crippen LogP contribution in [0, 0.1) is 0 Å². The van der Waals surface area contributed by atoms with Gasteiger partial charge in [0.05, 0.1) is 18.2 Å². The van der Waals surface area contributed by atoms with Gasteiger partial charge in [0.15, 0.2) is 5.17 Å². The second kappa shape index (κ2) is 5.39. The Morgan fingerprint density at radius 3 is 2.94 bits per heavy atom. The Hall–Kier alpha value is -0.260. The number of likely N-dealkylation sites (tertiary alicyclic amines) is 1. The second-order valence-electron chi connectivity index (χ2n) is 5.39. The van der Waals surface area contributed by atoms with Crippen molar-refractivity contribution in [2.45, 2.75) is 62.7 Å². The number of ether oxygens (including phenoxy) is 1. The van der Waals surface area contributed by atoms with Gasteiger partial charge < -0.3 is 14.7 Å². The normalized spacial score (nSPS) is 37.6. The summed E-state index contributed by atoms with van der Waals surface area (Å²) in [6.07, 6.45) is 5.02. The summed E-state index contributed by atoms with van der Waals surface area (Å²) in [7, 11) is 0. The molecule has 2 saturated heterocycles. The molecule has 0 aromatic heterocycles. The fraction of sp³-hybridized carbons (Fsp3) is 0.923. The number of hydrogen-bond donors (Lipinski definition) is 1. The molecular formula is C13H22N2O2S. The molecule has 0 unspecified atom stereocenters. The van der Waals surface area contributed by atoms with E-state index in [0.717, 1.165) is 32.4 Å². The molecule has 3 heterocycles. The molecule has 102 valence electrons. The Morgan fingerprint density at radius 1 is 1.44 bits per heavy atom. The first-order chi connectivity index (χ1) is 8.78. The molecule has 1 N–H and O–H groups in total. The minimum Gasteiger partial charge on any atom is -0.390 e. The van der Waals surface area contributed by atoms with Crippen molar-refractivity contribution in [1.82, 2.24) is 4.90 Å². The topological polar surface area (TPSA) is 45.1 Å². The highest BCUT2D eigenvalue weighted by molar-refractivity contribution is 8.14. The third-order valence-electron chi connectivity index (χ3n) is 4.09. The van der Waals surface area contributed by atoms with E-state index in [1.165, 1.54) is 18.0 Å². The lowest BCUT2D eigenvalue weighted by Gasteiger charge is -2.33. The first kappa shape index (κ1) is 12.8. The average molecular weight is 270 g/mol. The van der Waals surface area contributed by atoms with Gasteiger partial charge in [0, 0.05) is 13.1 Å². The van der Waals surface area contributed by atoms with Crippen LogP contribution in [0.3, 0.4) is 0 Å². The van der Waals surface area contributed by atoms with Crippen LogP contribution in [0.15, 0.2) is 4.99 Å². The number of rotatable bonds is 2. The average Bonchev–Trinajstić information content (AvgIpc) is 3.04.